The van der Waals surface area contributed by atoms with Gasteiger partial charge in [0.25, 0.3) is 0 Å². The third-order valence-electron chi connectivity index (χ3n) is 6.12. The van der Waals surface area contributed by atoms with E-state index in [1.807, 2.05) is 6.07 Å². The van der Waals surface area contributed by atoms with Gasteiger partial charge in [-0.05, 0) is 35.4 Å². The third-order valence-corrected chi connectivity index (χ3v) is 6.12. The Morgan fingerprint density at radius 1 is 1.11 bits per heavy atom. The minimum Gasteiger partial charge on any atom is -0.494 e. The maximum absolute atomic E-state index is 5.58. The van der Waals surface area contributed by atoms with E-state index in [4.69, 9.17) is 9.72 Å². The SMILES string of the molecule is COc1cccc2c1nc1n2CC(C(C)(C)C)CC1CNCc1ccccc1. The van der Waals surface area contributed by atoms with Crippen LogP contribution in [0.15, 0.2) is 48.5 Å². The Balaban J connectivity index is 1.64. The summed E-state index contributed by atoms with van der Waals surface area (Å²) in [4.78, 5) is 5.05. The number of benzene rings is 2. The molecule has 1 aromatic heterocycles. The summed E-state index contributed by atoms with van der Waals surface area (Å²) in [7, 11) is 1.73. The molecule has 3 aromatic rings. The van der Waals surface area contributed by atoms with E-state index in [-0.39, 0.29) is 5.41 Å². The minimum absolute atomic E-state index is 0.269. The Morgan fingerprint density at radius 3 is 2.61 bits per heavy atom. The van der Waals surface area contributed by atoms with Crippen LogP contribution < -0.4 is 10.1 Å². The van der Waals surface area contributed by atoms with Crippen LogP contribution in [0.4, 0.5) is 0 Å². The van der Waals surface area contributed by atoms with Gasteiger partial charge in [-0.25, -0.2) is 4.98 Å². The summed E-state index contributed by atoms with van der Waals surface area (Å²) >= 11 is 0. The molecule has 4 rings (SSSR count). The van der Waals surface area contributed by atoms with Crippen LogP contribution in [0, 0.1) is 11.3 Å². The quantitative estimate of drug-likeness (QED) is 0.681. The van der Waals surface area contributed by atoms with Gasteiger partial charge in [0.1, 0.15) is 17.1 Å². The molecule has 0 saturated carbocycles. The fourth-order valence-electron chi connectivity index (χ4n) is 4.34. The summed E-state index contributed by atoms with van der Waals surface area (Å²) in [5, 5.41) is 3.67. The molecular formula is C24H31N3O. The molecule has 4 nitrogen and oxygen atoms in total. The lowest BCUT2D eigenvalue weighted by molar-refractivity contribution is 0.163. The van der Waals surface area contributed by atoms with Crippen LogP contribution in [0.2, 0.25) is 0 Å². The number of methoxy groups -OCH3 is 1. The normalized spacial score (nSPS) is 19.6. The van der Waals surface area contributed by atoms with Crippen molar-refractivity contribution < 1.29 is 4.74 Å². The number of hydrogen-bond acceptors (Lipinski definition) is 3. The summed E-state index contributed by atoms with van der Waals surface area (Å²) in [6.45, 7) is 9.93. The summed E-state index contributed by atoms with van der Waals surface area (Å²) in [6.07, 6.45) is 1.16. The van der Waals surface area contributed by atoms with Crippen LogP contribution in [0.25, 0.3) is 11.0 Å². The van der Waals surface area contributed by atoms with E-state index in [0.717, 1.165) is 37.3 Å². The van der Waals surface area contributed by atoms with Crippen LogP contribution >= 0.6 is 0 Å². The van der Waals surface area contributed by atoms with Crippen LogP contribution in [-0.4, -0.2) is 23.2 Å². The molecule has 0 aliphatic carbocycles. The zero-order valence-electron chi connectivity index (χ0n) is 17.4. The van der Waals surface area contributed by atoms with E-state index < -0.39 is 0 Å². The predicted octanol–water partition coefficient (Wildman–Crippen LogP) is 4.98. The standard InChI is InChI=1S/C24H31N3O/c1-24(2,3)19-13-18(15-25-14-17-9-6-5-7-10-17)23-26-22-20(27(23)16-19)11-8-12-21(22)28-4/h5-12,18-19,25H,13-16H2,1-4H3. The van der Waals surface area contributed by atoms with Crippen molar-refractivity contribution in [1.29, 1.82) is 0 Å². The highest BCUT2D eigenvalue weighted by Gasteiger charge is 2.36. The molecule has 0 radical (unpaired) electrons. The summed E-state index contributed by atoms with van der Waals surface area (Å²) < 4.78 is 8.02. The smallest absolute Gasteiger partial charge is 0.146 e. The molecule has 0 saturated heterocycles. The van der Waals surface area contributed by atoms with Crippen molar-refractivity contribution in [2.75, 3.05) is 13.7 Å². The van der Waals surface area contributed by atoms with Crippen molar-refractivity contribution in [3.63, 3.8) is 0 Å². The van der Waals surface area contributed by atoms with E-state index in [0.29, 0.717) is 11.8 Å². The van der Waals surface area contributed by atoms with E-state index >= 15 is 0 Å². The van der Waals surface area contributed by atoms with Crippen molar-refractivity contribution in [2.24, 2.45) is 11.3 Å². The maximum atomic E-state index is 5.58. The van der Waals surface area contributed by atoms with Gasteiger partial charge in [0.2, 0.25) is 0 Å². The Morgan fingerprint density at radius 2 is 1.89 bits per heavy atom. The number of nitrogens with one attached hydrogen (secondary N) is 1. The average Bonchev–Trinajstić information content (AvgIpc) is 3.07. The second kappa shape index (κ2) is 7.59. The Bertz CT molecular complexity index is 940. The highest BCUT2D eigenvalue weighted by molar-refractivity contribution is 5.82. The zero-order valence-corrected chi connectivity index (χ0v) is 17.4. The lowest BCUT2D eigenvalue weighted by Gasteiger charge is -2.38. The summed E-state index contributed by atoms with van der Waals surface area (Å²) in [6, 6.07) is 16.8. The first kappa shape index (κ1) is 19.0. The molecule has 1 aliphatic rings. The molecule has 1 N–H and O–H groups in total. The number of ether oxygens (including phenoxy) is 1. The van der Waals surface area contributed by atoms with E-state index in [1.54, 1.807) is 7.11 Å². The lowest BCUT2D eigenvalue weighted by Crippen LogP contribution is -2.36. The number of imidazole rings is 1. The second-order valence-electron chi connectivity index (χ2n) is 9.02. The number of rotatable bonds is 5. The number of para-hydroxylation sites is 1. The molecule has 2 atom stereocenters. The van der Waals surface area contributed by atoms with Crippen LogP contribution in [0.1, 0.15) is 44.5 Å². The number of hydrogen-bond donors (Lipinski definition) is 1. The van der Waals surface area contributed by atoms with Crippen molar-refractivity contribution in [1.82, 2.24) is 14.9 Å². The van der Waals surface area contributed by atoms with Crippen molar-refractivity contribution in [3.8, 4) is 5.75 Å². The fourth-order valence-corrected chi connectivity index (χ4v) is 4.34. The van der Waals surface area contributed by atoms with E-state index in [9.17, 15) is 0 Å². The molecular weight excluding hydrogens is 346 g/mol. The lowest BCUT2D eigenvalue weighted by atomic mass is 9.74. The summed E-state index contributed by atoms with van der Waals surface area (Å²) in [5.74, 6) is 3.08. The van der Waals surface area contributed by atoms with Gasteiger partial charge in [0, 0.05) is 25.6 Å². The summed E-state index contributed by atoms with van der Waals surface area (Å²) in [5.41, 5.74) is 3.77. The topological polar surface area (TPSA) is 39.1 Å². The van der Waals surface area contributed by atoms with Gasteiger partial charge in [0.15, 0.2) is 0 Å². The second-order valence-corrected chi connectivity index (χ2v) is 9.02. The minimum atomic E-state index is 0.269. The molecule has 0 spiro atoms. The highest BCUT2D eigenvalue weighted by atomic mass is 16.5. The highest BCUT2D eigenvalue weighted by Crippen LogP contribution is 2.42. The molecule has 2 heterocycles. The first-order chi connectivity index (χ1) is 13.5. The van der Waals surface area contributed by atoms with Gasteiger partial charge >= 0.3 is 0 Å². The van der Waals surface area contributed by atoms with E-state index in [2.05, 4.69) is 73.1 Å². The van der Waals surface area contributed by atoms with Crippen molar-refractivity contribution in [3.05, 3.63) is 59.9 Å². The molecule has 2 aromatic carbocycles. The van der Waals surface area contributed by atoms with E-state index in [1.165, 1.54) is 16.9 Å². The van der Waals surface area contributed by atoms with Gasteiger partial charge in [-0.15, -0.1) is 0 Å². The average molecular weight is 378 g/mol. The molecule has 2 unspecified atom stereocenters. The monoisotopic (exact) mass is 377 g/mol. The van der Waals surface area contributed by atoms with Crippen LogP contribution in [0.5, 0.6) is 5.75 Å². The maximum Gasteiger partial charge on any atom is 0.146 e. The fraction of sp³-hybridized carbons (Fsp3) is 0.458. The molecule has 0 bridgehead atoms. The first-order valence-electron chi connectivity index (χ1n) is 10.2. The Kier molecular flexibility index (Phi) is 5.15. The first-order valence-corrected chi connectivity index (χ1v) is 10.2. The Hall–Kier alpha value is -2.33. The van der Waals surface area contributed by atoms with Crippen molar-refractivity contribution >= 4 is 11.0 Å². The molecule has 4 heteroatoms. The molecule has 0 amide bonds. The Labute approximate surface area is 167 Å². The predicted molar refractivity (Wildman–Crippen MR) is 115 cm³/mol. The molecule has 148 valence electrons. The largest absolute Gasteiger partial charge is 0.494 e. The number of aromatic nitrogens is 2. The van der Waals surface area contributed by atoms with Gasteiger partial charge in [-0.3, -0.25) is 0 Å². The zero-order chi connectivity index (χ0) is 19.7. The molecule has 28 heavy (non-hydrogen) atoms. The van der Waals surface area contributed by atoms with Gasteiger partial charge in [-0.1, -0.05) is 57.2 Å². The number of nitrogens with zero attached hydrogens (tertiary/aromatic N) is 2. The van der Waals surface area contributed by atoms with Gasteiger partial charge < -0.3 is 14.6 Å². The van der Waals surface area contributed by atoms with Crippen LogP contribution in [0.3, 0.4) is 0 Å². The number of fused-ring (bicyclic) bond motifs is 3. The third kappa shape index (κ3) is 3.66. The van der Waals surface area contributed by atoms with Crippen molar-refractivity contribution in [2.45, 2.75) is 46.2 Å². The van der Waals surface area contributed by atoms with Crippen LogP contribution in [-0.2, 0) is 13.1 Å². The molecule has 1 aliphatic heterocycles. The molecule has 0 fully saturated rings. The van der Waals surface area contributed by atoms with Gasteiger partial charge in [0.05, 0.1) is 12.6 Å². The van der Waals surface area contributed by atoms with Gasteiger partial charge in [-0.2, -0.15) is 0 Å².